The van der Waals surface area contributed by atoms with E-state index in [0.29, 0.717) is 23.0 Å². The topological polar surface area (TPSA) is 71.4 Å². The van der Waals surface area contributed by atoms with Gasteiger partial charge in [0.05, 0.1) is 23.9 Å². The predicted molar refractivity (Wildman–Crippen MR) is 127 cm³/mol. The Morgan fingerprint density at radius 1 is 1.09 bits per heavy atom. The van der Waals surface area contributed by atoms with Crippen LogP contribution in [-0.4, -0.2) is 35.0 Å². The van der Waals surface area contributed by atoms with Crippen LogP contribution in [0, 0.1) is 5.82 Å². The molecular formula is C26H21ClFN3O2. The van der Waals surface area contributed by atoms with E-state index in [9.17, 15) is 14.0 Å². The van der Waals surface area contributed by atoms with Gasteiger partial charge in [-0.3, -0.25) is 19.6 Å². The lowest BCUT2D eigenvalue weighted by Crippen LogP contribution is -2.42. The minimum Gasteiger partial charge on any atom is -0.342 e. The number of pyridine rings is 1. The maximum Gasteiger partial charge on any atom is 0.252 e. The molecule has 1 N–H and O–H groups in total. The Labute approximate surface area is 196 Å². The van der Waals surface area contributed by atoms with Crippen LogP contribution in [0.25, 0.3) is 5.57 Å². The molecule has 0 radical (unpaired) electrons. The van der Waals surface area contributed by atoms with E-state index in [0.717, 1.165) is 11.1 Å². The minimum absolute atomic E-state index is 0.110. The second kappa shape index (κ2) is 9.88. The predicted octanol–water partition coefficient (Wildman–Crippen LogP) is 4.69. The molecule has 0 unspecified atom stereocenters. The van der Waals surface area contributed by atoms with Crippen molar-refractivity contribution < 1.29 is 14.0 Å². The molecule has 0 fully saturated rings. The largest absolute Gasteiger partial charge is 0.342 e. The number of halogens is 2. The number of benzene rings is 2. The van der Waals surface area contributed by atoms with Crippen LogP contribution in [0.1, 0.15) is 34.1 Å². The molecule has 0 aliphatic carbocycles. The van der Waals surface area contributed by atoms with Gasteiger partial charge in [-0.25, -0.2) is 4.39 Å². The number of carbonyl (C=O) groups is 2. The van der Waals surface area contributed by atoms with Gasteiger partial charge in [-0.2, -0.15) is 0 Å². The van der Waals surface area contributed by atoms with Gasteiger partial charge in [0.1, 0.15) is 5.82 Å². The first kappa shape index (κ1) is 22.6. The van der Waals surface area contributed by atoms with Gasteiger partial charge in [0.15, 0.2) is 5.78 Å². The van der Waals surface area contributed by atoms with Gasteiger partial charge in [0.2, 0.25) is 0 Å². The fraction of sp³-hybridized carbons (Fsp3) is 0.154. The van der Waals surface area contributed by atoms with Crippen LogP contribution in [0.4, 0.5) is 4.39 Å². The Balaban J connectivity index is 1.60. The number of rotatable bonds is 7. The quantitative estimate of drug-likeness (QED) is 0.554. The van der Waals surface area contributed by atoms with Crippen molar-refractivity contribution in [2.75, 3.05) is 6.54 Å². The maximum absolute atomic E-state index is 14.9. The van der Waals surface area contributed by atoms with Gasteiger partial charge >= 0.3 is 0 Å². The zero-order valence-electron chi connectivity index (χ0n) is 17.9. The van der Waals surface area contributed by atoms with Crippen molar-refractivity contribution in [2.24, 2.45) is 4.99 Å². The summed E-state index contributed by atoms with van der Waals surface area (Å²) in [7, 11) is 0. The molecule has 33 heavy (non-hydrogen) atoms. The average molecular weight is 462 g/mol. The highest BCUT2D eigenvalue weighted by molar-refractivity contribution is 6.30. The van der Waals surface area contributed by atoms with Crippen molar-refractivity contribution in [1.29, 1.82) is 0 Å². The van der Waals surface area contributed by atoms with Gasteiger partial charge < -0.3 is 5.32 Å². The summed E-state index contributed by atoms with van der Waals surface area (Å²) in [6.07, 6.45) is 3.64. The number of hydrogen-bond donors (Lipinski definition) is 1. The number of amides is 1. The molecule has 1 aliphatic rings. The molecule has 0 spiro atoms. The van der Waals surface area contributed by atoms with E-state index >= 15 is 0 Å². The second-order valence-electron chi connectivity index (χ2n) is 7.70. The standard InChI is InChI=1S/C26H21ClFN3O2/c1-16(32)23(14-20-5-2-3-12-29-20)31-26(33)21-6-4-7-22(28)25(21)24-13-18(15-30-24)17-8-10-19(27)11-9-17/h2-13,23H,14-15H2,1H3,(H,31,33)/t23-/m1/s1. The van der Waals surface area contributed by atoms with Gasteiger partial charge in [0.25, 0.3) is 5.91 Å². The zero-order chi connectivity index (χ0) is 23.4. The third-order valence-electron chi connectivity index (χ3n) is 5.40. The van der Waals surface area contributed by atoms with E-state index in [-0.39, 0.29) is 23.3 Å². The third-order valence-corrected chi connectivity index (χ3v) is 5.65. The monoisotopic (exact) mass is 461 g/mol. The fourth-order valence-corrected chi connectivity index (χ4v) is 3.78. The second-order valence-corrected chi connectivity index (χ2v) is 8.14. The molecule has 1 atom stereocenters. The fourth-order valence-electron chi connectivity index (χ4n) is 3.65. The molecule has 7 heteroatoms. The number of nitrogens with zero attached hydrogens (tertiary/aromatic N) is 2. The SMILES string of the molecule is CC(=O)[C@@H](Cc1ccccn1)NC(=O)c1cccc(F)c1C1=NCC(c2ccc(Cl)cc2)=C1. The highest BCUT2D eigenvalue weighted by Crippen LogP contribution is 2.26. The van der Waals surface area contributed by atoms with Crippen molar-refractivity contribution in [1.82, 2.24) is 10.3 Å². The van der Waals surface area contributed by atoms with E-state index in [2.05, 4.69) is 15.3 Å². The van der Waals surface area contributed by atoms with Crippen molar-refractivity contribution in [2.45, 2.75) is 19.4 Å². The lowest BCUT2D eigenvalue weighted by molar-refractivity contribution is -0.118. The molecule has 166 valence electrons. The normalized spacial score (nSPS) is 13.8. The first-order valence-corrected chi connectivity index (χ1v) is 10.8. The van der Waals surface area contributed by atoms with E-state index < -0.39 is 17.8 Å². The molecule has 1 amide bonds. The number of nitrogens with one attached hydrogen (secondary N) is 1. The zero-order valence-corrected chi connectivity index (χ0v) is 18.6. The molecule has 3 aromatic rings. The van der Waals surface area contributed by atoms with E-state index in [1.165, 1.54) is 25.1 Å². The summed E-state index contributed by atoms with van der Waals surface area (Å²) in [5.41, 5.74) is 3.11. The van der Waals surface area contributed by atoms with E-state index in [1.807, 2.05) is 18.2 Å². The molecule has 4 rings (SSSR count). The lowest BCUT2D eigenvalue weighted by atomic mass is 9.98. The molecule has 0 bridgehead atoms. The van der Waals surface area contributed by atoms with Gasteiger partial charge in [-0.1, -0.05) is 35.9 Å². The molecule has 0 saturated heterocycles. The molecule has 2 aromatic carbocycles. The average Bonchev–Trinajstić information content (AvgIpc) is 3.29. The number of allylic oxidation sites excluding steroid dienone is 1. The van der Waals surface area contributed by atoms with Crippen LogP contribution < -0.4 is 5.32 Å². The van der Waals surface area contributed by atoms with Crippen molar-refractivity contribution in [3.05, 3.63) is 106 Å². The van der Waals surface area contributed by atoms with E-state index in [4.69, 9.17) is 11.6 Å². The lowest BCUT2D eigenvalue weighted by Gasteiger charge is -2.17. The van der Waals surface area contributed by atoms with Crippen molar-refractivity contribution in [3.8, 4) is 0 Å². The summed E-state index contributed by atoms with van der Waals surface area (Å²) in [5.74, 6) is -1.31. The number of aliphatic imine (C=N–C) groups is 1. The Bertz CT molecular complexity index is 1250. The smallest absolute Gasteiger partial charge is 0.252 e. The van der Waals surface area contributed by atoms with Crippen LogP contribution in [0.5, 0.6) is 0 Å². The maximum atomic E-state index is 14.9. The summed E-state index contributed by atoms with van der Waals surface area (Å²) in [5, 5.41) is 3.36. The Kier molecular flexibility index (Phi) is 6.75. The van der Waals surface area contributed by atoms with E-state index in [1.54, 1.807) is 36.5 Å². The minimum atomic E-state index is -0.783. The Hall–Kier alpha value is -3.64. The summed E-state index contributed by atoms with van der Waals surface area (Å²) in [6, 6.07) is 16.2. The number of aromatic nitrogens is 1. The van der Waals surface area contributed by atoms with Crippen LogP contribution in [0.15, 0.2) is 77.9 Å². The summed E-state index contributed by atoms with van der Waals surface area (Å²) >= 11 is 5.96. The highest BCUT2D eigenvalue weighted by atomic mass is 35.5. The van der Waals surface area contributed by atoms with Crippen LogP contribution >= 0.6 is 11.6 Å². The van der Waals surface area contributed by atoms with Crippen LogP contribution in [-0.2, 0) is 11.2 Å². The first-order valence-electron chi connectivity index (χ1n) is 10.4. The molecule has 5 nitrogen and oxygen atoms in total. The summed E-state index contributed by atoms with van der Waals surface area (Å²) in [4.78, 5) is 34.0. The summed E-state index contributed by atoms with van der Waals surface area (Å²) in [6.45, 7) is 1.77. The molecule has 0 saturated carbocycles. The molecular weight excluding hydrogens is 441 g/mol. The van der Waals surface area contributed by atoms with Gasteiger partial charge in [-0.15, -0.1) is 0 Å². The van der Waals surface area contributed by atoms with Crippen LogP contribution in [0.3, 0.4) is 0 Å². The van der Waals surface area contributed by atoms with Crippen molar-refractivity contribution >= 4 is 34.6 Å². The highest BCUT2D eigenvalue weighted by Gasteiger charge is 2.25. The third kappa shape index (κ3) is 5.23. The van der Waals surface area contributed by atoms with Gasteiger partial charge in [0, 0.05) is 28.9 Å². The first-order chi connectivity index (χ1) is 15.9. The number of ketones is 1. The molecule has 1 aliphatic heterocycles. The number of hydrogen-bond acceptors (Lipinski definition) is 4. The number of carbonyl (C=O) groups excluding carboxylic acids is 2. The molecule has 2 heterocycles. The van der Waals surface area contributed by atoms with Gasteiger partial charge in [-0.05, 0) is 60.5 Å². The molecule has 1 aromatic heterocycles. The Morgan fingerprint density at radius 2 is 1.88 bits per heavy atom. The summed E-state index contributed by atoms with van der Waals surface area (Å²) < 4.78 is 14.9. The van der Waals surface area contributed by atoms with Crippen LogP contribution in [0.2, 0.25) is 5.02 Å². The van der Waals surface area contributed by atoms with Crippen molar-refractivity contribution in [3.63, 3.8) is 0 Å². The Morgan fingerprint density at radius 3 is 2.58 bits per heavy atom. The number of Topliss-reactive ketones (excluding diaryl/α,β-unsaturated/α-hetero) is 1.